The lowest BCUT2D eigenvalue weighted by molar-refractivity contribution is -0.119. The van der Waals surface area contributed by atoms with Crippen molar-refractivity contribution in [1.82, 2.24) is 10.3 Å². The van der Waals surface area contributed by atoms with E-state index in [2.05, 4.69) is 20.9 Å². The summed E-state index contributed by atoms with van der Waals surface area (Å²) in [6.07, 6.45) is 3.55. The van der Waals surface area contributed by atoms with E-state index in [4.69, 9.17) is 12.2 Å². The first-order valence-corrected chi connectivity index (χ1v) is 9.55. The maximum atomic E-state index is 11.7. The molecule has 8 heteroatoms. The molecule has 1 heterocycles. The van der Waals surface area contributed by atoms with Gasteiger partial charge >= 0.3 is 0 Å². The van der Waals surface area contributed by atoms with E-state index in [1.54, 1.807) is 0 Å². The summed E-state index contributed by atoms with van der Waals surface area (Å²) in [6.45, 7) is 3.99. The van der Waals surface area contributed by atoms with Crippen LogP contribution in [0.3, 0.4) is 0 Å². The molecule has 2 aromatic rings. The van der Waals surface area contributed by atoms with Crippen LogP contribution in [-0.4, -0.2) is 21.9 Å². The Labute approximate surface area is 156 Å². The number of hydrogen-bond acceptors (Lipinski definition) is 5. The summed E-state index contributed by atoms with van der Waals surface area (Å²) in [5.74, 6) is -0.116. The molecule has 1 aromatic heterocycles. The van der Waals surface area contributed by atoms with Crippen LogP contribution in [0.1, 0.15) is 46.0 Å². The molecule has 0 spiro atoms. The number of thiazole rings is 1. The zero-order valence-electron chi connectivity index (χ0n) is 14.3. The Kier molecular flexibility index (Phi) is 7.27. The molecule has 0 radical (unpaired) electrons. The Morgan fingerprint density at radius 2 is 1.92 bits per heavy atom. The lowest BCUT2D eigenvalue weighted by Gasteiger charge is -2.09. The summed E-state index contributed by atoms with van der Waals surface area (Å²) < 4.78 is 0.928. The lowest BCUT2D eigenvalue weighted by Crippen LogP contribution is -2.33. The number of nitrogens with zero attached hydrogens (tertiary/aromatic N) is 1. The third kappa shape index (κ3) is 6.06. The molecule has 0 saturated carbocycles. The highest BCUT2D eigenvalue weighted by Crippen LogP contribution is 2.28. The summed E-state index contributed by atoms with van der Waals surface area (Å²) >= 11 is 6.57. The van der Waals surface area contributed by atoms with E-state index in [0.717, 1.165) is 35.2 Å². The maximum Gasteiger partial charge on any atom is 0.226 e. The van der Waals surface area contributed by atoms with Gasteiger partial charge in [0.25, 0.3) is 0 Å². The Morgan fingerprint density at radius 1 is 1.12 bits per heavy atom. The van der Waals surface area contributed by atoms with Gasteiger partial charge in [-0.05, 0) is 43.3 Å². The topological polar surface area (TPSA) is 83.1 Å². The summed E-state index contributed by atoms with van der Waals surface area (Å²) in [4.78, 5) is 27.7. The van der Waals surface area contributed by atoms with Crippen molar-refractivity contribution in [1.29, 1.82) is 0 Å². The number of nitrogens with one attached hydrogen (secondary N) is 3. The van der Waals surface area contributed by atoms with Crippen LogP contribution in [0.4, 0.5) is 10.8 Å². The highest BCUT2D eigenvalue weighted by atomic mass is 32.1. The minimum atomic E-state index is -0.0841. The van der Waals surface area contributed by atoms with Gasteiger partial charge in [-0.3, -0.25) is 9.59 Å². The SMILES string of the molecule is CCCCC(=O)NC(=S)Nc1ccc2nc(NC(=O)CCC)sc2c1. The van der Waals surface area contributed by atoms with E-state index in [0.29, 0.717) is 18.0 Å². The average Bonchev–Trinajstić information content (AvgIpc) is 2.94. The number of carbonyl (C=O) groups excluding carboxylic acids is 2. The number of benzene rings is 1. The number of amides is 2. The quantitative estimate of drug-likeness (QED) is 0.634. The van der Waals surface area contributed by atoms with Crippen molar-refractivity contribution in [2.45, 2.75) is 46.0 Å². The molecule has 0 aliphatic rings. The second kappa shape index (κ2) is 9.43. The minimum Gasteiger partial charge on any atom is -0.332 e. The van der Waals surface area contributed by atoms with Gasteiger partial charge in [0.1, 0.15) is 0 Å². The predicted molar refractivity (Wildman–Crippen MR) is 107 cm³/mol. The predicted octanol–water partition coefficient (Wildman–Crippen LogP) is 4.04. The van der Waals surface area contributed by atoms with Gasteiger partial charge in [0, 0.05) is 18.5 Å². The third-order valence-corrected chi connectivity index (χ3v) is 4.52. The average molecular weight is 379 g/mol. The standard InChI is InChI=1S/C17H22N4O2S2/c1-3-5-7-15(23)20-16(24)18-11-8-9-12-13(10-11)25-17(19-12)21-14(22)6-4-2/h8-10H,3-7H2,1-2H3,(H,19,21,22)(H2,18,20,23,24). The molecular weight excluding hydrogens is 356 g/mol. The van der Waals surface area contributed by atoms with E-state index in [1.165, 1.54) is 11.3 Å². The first kappa shape index (κ1) is 19.3. The van der Waals surface area contributed by atoms with E-state index in [-0.39, 0.29) is 16.9 Å². The van der Waals surface area contributed by atoms with Crippen LogP contribution in [0.2, 0.25) is 0 Å². The molecule has 0 bridgehead atoms. The van der Waals surface area contributed by atoms with Crippen LogP contribution in [0.25, 0.3) is 10.2 Å². The van der Waals surface area contributed by atoms with Crippen LogP contribution in [-0.2, 0) is 9.59 Å². The molecule has 1 aromatic carbocycles. The first-order valence-electron chi connectivity index (χ1n) is 8.33. The molecule has 25 heavy (non-hydrogen) atoms. The fourth-order valence-electron chi connectivity index (χ4n) is 2.15. The number of fused-ring (bicyclic) bond motifs is 1. The Morgan fingerprint density at radius 3 is 2.64 bits per heavy atom. The van der Waals surface area contributed by atoms with E-state index in [1.807, 2.05) is 32.0 Å². The monoisotopic (exact) mass is 378 g/mol. The molecular formula is C17H22N4O2S2. The first-order chi connectivity index (χ1) is 12.0. The molecule has 0 aliphatic carbocycles. The van der Waals surface area contributed by atoms with Crippen molar-refractivity contribution in [3.05, 3.63) is 18.2 Å². The van der Waals surface area contributed by atoms with Crippen LogP contribution in [0, 0.1) is 0 Å². The molecule has 0 fully saturated rings. The summed E-state index contributed by atoms with van der Waals surface area (Å²) in [5.41, 5.74) is 1.57. The van der Waals surface area contributed by atoms with Gasteiger partial charge in [-0.1, -0.05) is 31.6 Å². The van der Waals surface area contributed by atoms with Gasteiger partial charge < -0.3 is 16.0 Å². The molecule has 3 N–H and O–H groups in total. The lowest BCUT2D eigenvalue weighted by atomic mass is 10.2. The molecule has 0 aliphatic heterocycles. The van der Waals surface area contributed by atoms with Crippen molar-refractivity contribution in [3.63, 3.8) is 0 Å². The van der Waals surface area contributed by atoms with Gasteiger partial charge in [0.05, 0.1) is 10.2 Å². The highest BCUT2D eigenvalue weighted by molar-refractivity contribution is 7.80. The van der Waals surface area contributed by atoms with E-state index >= 15 is 0 Å². The molecule has 0 unspecified atom stereocenters. The number of hydrogen-bond donors (Lipinski definition) is 3. The van der Waals surface area contributed by atoms with Crippen molar-refractivity contribution in [3.8, 4) is 0 Å². The van der Waals surface area contributed by atoms with Crippen molar-refractivity contribution < 1.29 is 9.59 Å². The summed E-state index contributed by atoms with van der Waals surface area (Å²) in [6, 6.07) is 5.59. The number of carbonyl (C=O) groups is 2. The Bertz CT molecular complexity index is 773. The summed E-state index contributed by atoms with van der Waals surface area (Å²) in [7, 11) is 0. The number of aromatic nitrogens is 1. The number of rotatable bonds is 7. The van der Waals surface area contributed by atoms with Gasteiger partial charge in [-0.15, -0.1) is 0 Å². The van der Waals surface area contributed by atoms with Crippen LogP contribution < -0.4 is 16.0 Å². The van der Waals surface area contributed by atoms with Crippen molar-refractivity contribution in [2.24, 2.45) is 0 Å². The van der Waals surface area contributed by atoms with Gasteiger partial charge in [-0.2, -0.15) is 0 Å². The molecule has 134 valence electrons. The zero-order valence-corrected chi connectivity index (χ0v) is 16.0. The van der Waals surface area contributed by atoms with E-state index in [9.17, 15) is 9.59 Å². The smallest absolute Gasteiger partial charge is 0.226 e. The fourth-order valence-corrected chi connectivity index (χ4v) is 3.31. The second-order valence-electron chi connectivity index (χ2n) is 5.61. The van der Waals surface area contributed by atoms with Crippen LogP contribution in [0.5, 0.6) is 0 Å². The van der Waals surface area contributed by atoms with Crippen molar-refractivity contribution in [2.75, 3.05) is 10.6 Å². The molecule has 2 rings (SSSR count). The Hall–Kier alpha value is -2.06. The maximum absolute atomic E-state index is 11.7. The van der Waals surface area contributed by atoms with Crippen LogP contribution >= 0.6 is 23.6 Å². The van der Waals surface area contributed by atoms with Gasteiger partial charge in [0.2, 0.25) is 11.8 Å². The number of unbranched alkanes of at least 4 members (excludes halogenated alkanes) is 1. The zero-order chi connectivity index (χ0) is 18.2. The van der Waals surface area contributed by atoms with E-state index < -0.39 is 0 Å². The third-order valence-electron chi connectivity index (χ3n) is 3.38. The fraction of sp³-hybridized carbons (Fsp3) is 0.412. The highest BCUT2D eigenvalue weighted by Gasteiger charge is 2.09. The van der Waals surface area contributed by atoms with Gasteiger partial charge in [0.15, 0.2) is 10.2 Å². The van der Waals surface area contributed by atoms with Crippen molar-refractivity contribution >= 4 is 61.5 Å². The second-order valence-corrected chi connectivity index (χ2v) is 7.04. The van der Waals surface area contributed by atoms with Crippen LogP contribution in [0.15, 0.2) is 18.2 Å². The minimum absolute atomic E-state index is 0.0316. The Balaban J connectivity index is 1.99. The number of thiocarbonyl (C=S) groups is 1. The molecule has 6 nitrogen and oxygen atoms in total. The number of anilines is 2. The molecule has 2 amide bonds. The summed E-state index contributed by atoms with van der Waals surface area (Å²) in [5, 5.41) is 9.34. The normalized spacial score (nSPS) is 10.5. The molecule has 0 atom stereocenters. The molecule has 0 saturated heterocycles. The van der Waals surface area contributed by atoms with Gasteiger partial charge in [-0.25, -0.2) is 4.98 Å². The largest absolute Gasteiger partial charge is 0.332 e.